The highest BCUT2D eigenvalue weighted by Gasteiger charge is 2.25. The van der Waals surface area contributed by atoms with Gasteiger partial charge in [0.15, 0.2) is 0 Å². The van der Waals surface area contributed by atoms with E-state index in [1.807, 2.05) is 11.6 Å². The zero-order valence-electron chi connectivity index (χ0n) is 14.1. The van der Waals surface area contributed by atoms with Gasteiger partial charge >= 0.3 is 0 Å². The minimum atomic E-state index is -0.479. The zero-order chi connectivity index (χ0) is 17.8. The first-order valence-electron chi connectivity index (χ1n) is 8.32. The first kappa shape index (κ1) is 17.9. The topological polar surface area (TPSA) is 85.1 Å². The van der Waals surface area contributed by atoms with Crippen molar-refractivity contribution >= 4 is 39.9 Å². The summed E-state index contributed by atoms with van der Waals surface area (Å²) in [4.78, 5) is 28.7. The minimum absolute atomic E-state index is 0.278. The fraction of sp³-hybridized carbons (Fsp3) is 0.389. The van der Waals surface area contributed by atoms with E-state index in [0.29, 0.717) is 22.0 Å². The standard InChI is InChI=1S/C18H21N3O2S2/c1-24-14-8-7-12(9-20-14)17(23)21-18-15(16(19)22)13(10-25-18)11-5-3-2-4-6-11/h7-11H,2-6H2,1H3,(H2,19,22)(H,21,23). The van der Waals surface area contributed by atoms with Crippen LogP contribution in [-0.4, -0.2) is 23.1 Å². The van der Waals surface area contributed by atoms with Gasteiger partial charge in [-0.1, -0.05) is 19.3 Å². The van der Waals surface area contributed by atoms with Crippen molar-refractivity contribution in [1.82, 2.24) is 4.98 Å². The monoisotopic (exact) mass is 375 g/mol. The number of hydrogen-bond donors (Lipinski definition) is 2. The number of primary amides is 1. The predicted molar refractivity (Wildman–Crippen MR) is 103 cm³/mol. The first-order chi connectivity index (χ1) is 12.1. The number of carbonyl (C=O) groups excluding carboxylic acids is 2. The average molecular weight is 376 g/mol. The maximum absolute atomic E-state index is 12.5. The molecule has 2 heterocycles. The highest BCUT2D eigenvalue weighted by molar-refractivity contribution is 7.98. The molecule has 2 aromatic heterocycles. The van der Waals surface area contributed by atoms with Crippen molar-refractivity contribution in [2.24, 2.45) is 5.73 Å². The summed E-state index contributed by atoms with van der Waals surface area (Å²) in [6.45, 7) is 0. The average Bonchev–Trinajstić information content (AvgIpc) is 3.06. The smallest absolute Gasteiger partial charge is 0.257 e. The van der Waals surface area contributed by atoms with Crippen LogP contribution in [0.15, 0.2) is 28.7 Å². The molecule has 0 bridgehead atoms. The Hall–Kier alpha value is -1.86. The molecule has 1 aliphatic rings. The van der Waals surface area contributed by atoms with Crippen LogP contribution >= 0.6 is 23.1 Å². The lowest BCUT2D eigenvalue weighted by atomic mass is 9.83. The molecule has 1 saturated carbocycles. The molecular formula is C18H21N3O2S2. The van der Waals surface area contributed by atoms with Crippen molar-refractivity contribution in [3.05, 3.63) is 40.4 Å². The van der Waals surface area contributed by atoms with Gasteiger partial charge in [-0.2, -0.15) is 0 Å². The molecule has 0 spiro atoms. The van der Waals surface area contributed by atoms with Crippen LogP contribution < -0.4 is 11.1 Å². The Balaban J connectivity index is 1.82. The van der Waals surface area contributed by atoms with Crippen LogP contribution in [0.1, 0.15) is 64.3 Å². The van der Waals surface area contributed by atoms with Crippen LogP contribution in [0.3, 0.4) is 0 Å². The lowest BCUT2D eigenvalue weighted by Crippen LogP contribution is -2.19. The molecule has 1 aliphatic carbocycles. The van der Waals surface area contributed by atoms with E-state index in [2.05, 4.69) is 10.3 Å². The van der Waals surface area contributed by atoms with E-state index in [-0.39, 0.29) is 5.91 Å². The normalized spacial score (nSPS) is 15.1. The SMILES string of the molecule is CSc1ccc(C(=O)Nc2scc(C3CCCCC3)c2C(N)=O)cn1. The minimum Gasteiger partial charge on any atom is -0.365 e. The zero-order valence-corrected chi connectivity index (χ0v) is 15.7. The summed E-state index contributed by atoms with van der Waals surface area (Å²) in [7, 11) is 0. The van der Waals surface area contributed by atoms with E-state index in [1.165, 1.54) is 42.4 Å². The van der Waals surface area contributed by atoms with Gasteiger partial charge in [0.2, 0.25) is 0 Å². The van der Waals surface area contributed by atoms with Gasteiger partial charge in [0.1, 0.15) is 5.00 Å². The van der Waals surface area contributed by atoms with Gasteiger partial charge < -0.3 is 11.1 Å². The molecule has 0 saturated heterocycles. The predicted octanol–water partition coefficient (Wildman–Crippen LogP) is 4.26. The number of hydrogen-bond acceptors (Lipinski definition) is 5. The fourth-order valence-electron chi connectivity index (χ4n) is 3.24. The highest BCUT2D eigenvalue weighted by Crippen LogP contribution is 2.40. The summed E-state index contributed by atoms with van der Waals surface area (Å²) in [6.07, 6.45) is 9.21. The molecule has 2 amide bonds. The summed E-state index contributed by atoms with van der Waals surface area (Å²) in [5, 5.41) is 6.20. The molecule has 5 nitrogen and oxygen atoms in total. The quantitative estimate of drug-likeness (QED) is 0.765. The van der Waals surface area contributed by atoms with Crippen molar-refractivity contribution in [2.75, 3.05) is 11.6 Å². The number of nitrogens with zero attached hydrogens (tertiary/aromatic N) is 1. The summed E-state index contributed by atoms with van der Waals surface area (Å²) in [5.41, 5.74) is 7.54. The summed E-state index contributed by atoms with van der Waals surface area (Å²) in [5.74, 6) is -0.395. The van der Waals surface area contributed by atoms with Crippen LogP contribution in [0.4, 0.5) is 5.00 Å². The molecule has 7 heteroatoms. The Morgan fingerprint density at radius 1 is 1.28 bits per heavy atom. The number of nitrogens with one attached hydrogen (secondary N) is 1. The van der Waals surface area contributed by atoms with Crippen LogP contribution in [0, 0.1) is 0 Å². The van der Waals surface area contributed by atoms with Crippen LogP contribution in [-0.2, 0) is 0 Å². The molecule has 1 fully saturated rings. The molecule has 0 aliphatic heterocycles. The van der Waals surface area contributed by atoms with Crippen LogP contribution in [0.5, 0.6) is 0 Å². The Morgan fingerprint density at radius 3 is 2.64 bits per heavy atom. The first-order valence-corrected chi connectivity index (χ1v) is 10.4. The Labute approximate surface area is 155 Å². The number of anilines is 1. The second-order valence-corrected chi connectivity index (χ2v) is 7.84. The third kappa shape index (κ3) is 4.04. The van der Waals surface area contributed by atoms with Gasteiger partial charge in [-0.3, -0.25) is 9.59 Å². The third-order valence-corrected chi connectivity index (χ3v) is 6.12. The van der Waals surface area contributed by atoms with Crippen molar-refractivity contribution in [2.45, 2.75) is 43.0 Å². The molecule has 25 heavy (non-hydrogen) atoms. The summed E-state index contributed by atoms with van der Waals surface area (Å²) < 4.78 is 0. The maximum Gasteiger partial charge on any atom is 0.257 e. The molecule has 0 unspecified atom stereocenters. The number of rotatable bonds is 5. The van der Waals surface area contributed by atoms with Gasteiger partial charge in [-0.05, 0) is 48.1 Å². The lowest BCUT2D eigenvalue weighted by Gasteiger charge is -2.21. The number of nitrogens with two attached hydrogens (primary N) is 1. The summed E-state index contributed by atoms with van der Waals surface area (Å²) in [6, 6.07) is 3.53. The van der Waals surface area contributed by atoms with E-state index in [9.17, 15) is 9.59 Å². The van der Waals surface area contributed by atoms with Gasteiger partial charge in [0, 0.05) is 6.20 Å². The highest BCUT2D eigenvalue weighted by atomic mass is 32.2. The van der Waals surface area contributed by atoms with Crippen LogP contribution in [0.25, 0.3) is 0 Å². The van der Waals surface area contributed by atoms with Gasteiger partial charge in [0.05, 0.1) is 16.2 Å². The Bertz CT molecular complexity index is 765. The van der Waals surface area contributed by atoms with Crippen LogP contribution in [0.2, 0.25) is 0 Å². The van der Waals surface area contributed by atoms with E-state index in [0.717, 1.165) is 23.4 Å². The van der Waals surface area contributed by atoms with Crippen molar-refractivity contribution in [3.63, 3.8) is 0 Å². The van der Waals surface area contributed by atoms with E-state index in [4.69, 9.17) is 5.73 Å². The van der Waals surface area contributed by atoms with E-state index < -0.39 is 5.91 Å². The molecule has 0 atom stereocenters. The summed E-state index contributed by atoms with van der Waals surface area (Å²) >= 11 is 2.89. The number of pyridine rings is 1. The fourth-order valence-corrected chi connectivity index (χ4v) is 4.65. The molecule has 132 valence electrons. The Kier molecular flexibility index (Phi) is 5.75. The second kappa shape index (κ2) is 8.01. The van der Waals surface area contributed by atoms with E-state index in [1.54, 1.807) is 18.3 Å². The van der Waals surface area contributed by atoms with Gasteiger partial charge in [-0.15, -0.1) is 23.1 Å². The molecule has 0 aromatic carbocycles. The maximum atomic E-state index is 12.5. The Morgan fingerprint density at radius 2 is 2.04 bits per heavy atom. The third-order valence-electron chi connectivity index (χ3n) is 4.55. The van der Waals surface area contributed by atoms with Crippen molar-refractivity contribution in [3.8, 4) is 0 Å². The van der Waals surface area contributed by atoms with Crippen molar-refractivity contribution in [1.29, 1.82) is 0 Å². The van der Waals surface area contributed by atoms with E-state index >= 15 is 0 Å². The number of carbonyl (C=O) groups is 2. The number of thiophene rings is 1. The van der Waals surface area contributed by atoms with Gasteiger partial charge in [0.25, 0.3) is 11.8 Å². The molecule has 2 aromatic rings. The number of aromatic nitrogens is 1. The van der Waals surface area contributed by atoms with Crippen molar-refractivity contribution < 1.29 is 9.59 Å². The molecule has 3 rings (SSSR count). The largest absolute Gasteiger partial charge is 0.365 e. The molecule has 3 N–H and O–H groups in total. The number of thioether (sulfide) groups is 1. The molecular weight excluding hydrogens is 354 g/mol. The molecule has 0 radical (unpaired) electrons. The second-order valence-electron chi connectivity index (χ2n) is 6.14. The lowest BCUT2D eigenvalue weighted by molar-refractivity contribution is 0.1000. The number of amides is 2. The van der Waals surface area contributed by atoms with Gasteiger partial charge in [-0.25, -0.2) is 4.98 Å².